The number of rotatable bonds is 11. The predicted octanol–water partition coefficient (Wildman–Crippen LogP) is 2.95. The van der Waals surface area contributed by atoms with Crippen molar-refractivity contribution >= 4 is 21.8 Å². The van der Waals surface area contributed by atoms with Gasteiger partial charge in [-0.25, -0.2) is 0 Å². The van der Waals surface area contributed by atoms with E-state index in [2.05, 4.69) is 22.9 Å². The van der Waals surface area contributed by atoms with Gasteiger partial charge < -0.3 is 10.0 Å². The standard InChI is InChI=1S/C13H26BrNO2/c1-2-3-4-5-6-10-15(11-7-12-16)13(17)8-9-14/h16H,2-12H2,1H3. The van der Waals surface area contributed by atoms with Crippen LogP contribution >= 0.6 is 15.9 Å². The number of halogens is 1. The normalized spacial score (nSPS) is 10.5. The summed E-state index contributed by atoms with van der Waals surface area (Å²) in [4.78, 5) is 13.7. The summed E-state index contributed by atoms with van der Waals surface area (Å²) >= 11 is 3.29. The molecule has 0 rings (SSSR count). The number of carbonyl (C=O) groups is 1. The Morgan fingerprint density at radius 3 is 2.35 bits per heavy atom. The van der Waals surface area contributed by atoms with Crippen LogP contribution in [0.2, 0.25) is 0 Å². The molecule has 0 radical (unpaired) electrons. The maximum absolute atomic E-state index is 11.8. The van der Waals surface area contributed by atoms with E-state index < -0.39 is 0 Å². The number of hydrogen-bond acceptors (Lipinski definition) is 2. The minimum absolute atomic E-state index is 0.161. The van der Waals surface area contributed by atoms with Crippen LogP contribution in [0.5, 0.6) is 0 Å². The van der Waals surface area contributed by atoms with Crippen molar-refractivity contribution in [3.05, 3.63) is 0 Å². The molecular weight excluding hydrogens is 282 g/mol. The number of hydrogen-bond donors (Lipinski definition) is 1. The fraction of sp³-hybridized carbons (Fsp3) is 0.923. The first kappa shape index (κ1) is 16.9. The van der Waals surface area contributed by atoms with Crippen LogP contribution in [-0.2, 0) is 4.79 Å². The molecule has 17 heavy (non-hydrogen) atoms. The molecule has 0 aliphatic rings. The van der Waals surface area contributed by atoms with Crippen LogP contribution in [0, 0.1) is 0 Å². The first-order chi connectivity index (χ1) is 8.26. The van der Waals surface area contributed by atoms with Gasteiger partial charge in [0.2, 0.25) is 5.91 Å². The van der Waals surface area contributed by atoms with Crippen LogP contribution < -0.4 is 0 Å². The summed E-state index contributed by atoms with van der Waals surface area (Å²) in [7, 11) is 0. The van der Waals surface area contributed by atoms with E-state index in [0.29, 0.717) is 19.4 Å². The number of alkyl halides is 1. The Morgan fingerprint density at radius 1 is 1.12 bits per heavy atom. The molecule has 0 atom stereocenters. The maximum atomic E-state index is 11.8. The Morgan fingerprint density at radius 2 is 1.76 bits per heavy atom. The van der Waals surface area contributed by atoms with Crippen molar-refractivity contribution < 1.29 is 9.90 Å². The molecule has 0 saturated heterocycles. The molecule has 0 aliphatic carbocycles. The summed E-state index contributed by atoms with van der Waals surface area (Å²) in [6, 6.07) is 0. The van der Waals surface area contributed by atoms with E-state index in [1.165, 1.54) is 25.7 Å². The third-order valence-electron chi connectivity index (χ3n) is 2.78. The highest BCUT2D eigenvalue weighted by Crippen LogP contribution is 2.06. The second kappa shape index (κ2) is 12.4. The van der Waals surface area contributed by atoms with Crippen molar-refractivity contribution in [2.24, 2.45) is 0 Å². The lowest BCUT2D eigenvalue weighted by atomic mass is 10.1. The lowest BCUT2D eigenvalue weighted by molar-refractivity contribution is -0.131. The number of unbranched alkanes of at least 4 members (excludes halogenated alkanes) is 4. The lowest BCUT2D eigenvalue weighted by Gasteiger charge is -2.22. The van der Waals surface area contributed by atoms with Crippen molar-refractivity contribution in [2.75, 3.05) is 25.0 Å². The minimum Gasteiger partial charge on any atom is -0.396 e. The molecule has 0 saturated carbocycles. The van der Waals surface area contributed by atoms with Gasteiger partial charge in [-0.15, -0.1) is 0 Å². The Bertz CT molecular complexity index is 188. The third kappa shape index (κ3) is 9.60. The zero-order valence-corrected chi connectivity index (χ0v) is 12.5. The summed E-state index contributed by atoms with van der Waals surface area (Å²) in [6.07, 6.45) is 7.31. The van der Waals surface area contributed by atoms with E-state index in [1.54, 1.807) is 0 Å². The van der Waals surface area contributed by atoms with Gasteiger partial charge in [-0.1, -0.05) is 48.5 Å². The van der Waals surface area contributed by atoms with Gasteiger partial charge in [0.1, 0.15) is 0 Å². The summed E-state index contributed by atoms with van der Waals surface area (Å²) in [5, 5.41) is 9.54. The first-order valence-corrected chi connectivity index (χ1v) is 7.83. The Balaban J connectivity index is 3.80. The van der Waals surface area contributed by atoms with Crippen LogP contribution in [0.3, 0.4) is 0 Å². The minimum atomic E-state index is 0.161. The first-order valence-electron chi connectivity index (χ1n) is 6.70. The molecule has 0 aromatic rings. The topological polar surface area (TPSA) is 40.5 Å². The smallest absolute Gasteiger partial charge is 0.223 e. The van der Waals surface area contributed by atoms with Crippen LogP contribution in [0.1, 0.15) is 51.9 Å². The average molecular weight is 308 g/mol. The molecule has 0 aliphatic heterocycles. The van der Waals surface area contributed by atoms with Gasteiger partial charge in [0.15, 0.2) is 0 Å². The van der Waals surface area contributed by atoms with E-state index in [9.17, 15) is 4.79 Å². The number of nitrogens with zero attached hydrogens (tertiary/aromatic N) is 1. The molecule has 0 unspecified atom stereocenters. The van der Waals surface area contributed by atoms with Crippen molar-refractivity contribution in [1.29, 1.82) is 0 Å². The van der Waals surface area contributed by atoms with Gasteiger partial charge in [0.05, 0.1) is 0 Å². The fourth-order valence-corrected chi connectivity index (χ4v) is 2.11. The molecule has 1 amide bonds. The molecule has 102 valence electrons. The molecule has 0 aromatic carbocycles. The SMILES string of the molecule is CCCCCCCN(CCCO)C(=O)CCBr. The molecule has 0 aromatic heterocycles. The monoisotopic (exact) mass is 307 g/mol. The lowest BCUT2D eigenvalue weighted by Crippen LogP contribution is -2.33. The maximum Gasteiger partial charge on any atom is 0.223 e. The molecule has 0 fully saturated rings. The summed E-state index contributed by atoms with van der Waals surface area (Å²) in [6.45, 7) is 3.90. The third-order valence-corrected chi connectivity index (χ3v) is 3.18. The quantitative estimate of drug-likeness (QED) is 0.471. The van der Waals surface area contributed by atoms with Crippen molar-refractivity contribution in [3.8, 4) is 0 Å². The Hall–Kier alpha value is -0.0900. The zero-order valence-electron chi connectivity index (χ0n) is 11.0. The highest BCUT2D eigenvalue weighted by molar-refractivity contribution is 9.09. The molecule has 0 spiro atoms. The van der Waals surface area contributed by atoms with Crippen LogP contribution in [0.25, 0.3) is 0 Å². The zero-order chi connectivity index (χ0) is 12.9. The molecule has 0 bridgehead atoms. The van der Waals surface area contributed by atoms with E-state index in [-0.39, 0.29) is 12.5 Å². The molecule has 0 heterocycles. The van der Waals surface area contributed by atoms with Crippen LogP contribution in [0.4, 0.5) is 0 Å². The van der Waals surface area contributed by atoms with E-state index in [0.717, 1.165) is 18.3 Å². The molecular formula is C13H26BrNO2. The fourth-order valence-electron chi connectivity index (χ4n) is 1.77. The molecule has 1 N–H and O–H groups in total. The van der Waals surface area contributed by atoms with Gasteiger partial charge in [-0.2, -0.15) is 0 Å². The number of amides is 1. The van der Waals surface area contributed by atoms with Gasteiger partial charge in [-0.3, -0.25) is 4.79 Å². The van der Waals surface area contributed by atoms with E-state index in [4.69, 9.17) is 5.11 Å². The largest absolute Gasteiger partial charge is 0.396 e. The average Bonchev–Trinajstić information content (AvgIpc) is 2.33. The van der Waals surface area contributed by atoms with Gasteiger partial charge in [0.25, 0.3) is 0 Å². The molecule has 3 nitrogen and oxygen atoms in total. The van der Waals surface area contributed by atoms with Crippen molar-refractivity contribution in [2.45, 2.75) is 51.9 Å². The van der Waals surface area contributed by atoms with Crippen LogP contribution in [0.15, 0.2) is 0 Å². The summed E-state index contributed by atoms with van der Waals surface area (Å²) in [5.74, 6) is 0.200. The number of aliphatic hydroxyl groups excluding tert-OH is 1. The molecule has 4 heteroatoms. The van der Waals surface area contributed by atoms with Crippen molar-refractivity contribution in [1.82, 2.24) is 4.90 Å². The highest BCUT2D eigenvalue weighted by atomic mass is 79.9. The number of carbonyl (C=O) groups excluding carboxylic acids is 1. The second-order valence-electron chi connectivity index (χ2n) is 4.31. The highest BCUT2D eigenvalue weighted by Gasteiger charge is 2.11. The van der Waals surface area contributed by atoms with Crippen LogP contribution in [-0.4, -0.2) is 40.9 Å². The number of aliphatic hydroxyl groups is 1. The van der Waals surface area contributed by atoms with Gasteiger partial charge >= 0.3 is 0 Å². The second-order valence-corrected chi connectivity index (χ2v) is 5.10. The van der Waals surface area contributed by atoms with E-state index >= 15 is 0 Å². The Labute approximate surface area is 114 Å². The summed E-state index contributed by atoms with van der Waals surface area (Å²) < 4.78 is 0. The Kier molecular flexibility index (Phi) is 12.3. The van der Waals surface area contributed by atoms with Gasteiger partial charge in [0, 0.05) is 31.4 Å². The van der Waals surface area contributed by atoms with Gasteiger partial charge in [-0.05, 0) is 12.8 Å². The summed E-state index contributed by atoms with van der Waals surface area (Å²) in [5.41, 5.74) is 0. The predicted molar refractivity (Wildman–Crippen MR) is 75.5 cm³/mol. The van der Waals surface area contributed by atoms with Crippen molar-refractivity contribution in [3.63, 3.8) is 0 Å². The van der Waals surface area contributed by atoms with E-state index in [1.807, 2.05) is 4.90 Å².